The zero-order chi connectivity index (χ0) is 15.0. The second-order valence-corrected chi connectivity index (χ2v) is 4.82. The Morgan fingerprint density at radius 2 is 1.85 bits per heavy atom. The standard InChI is InChI=1S/C13H16O7/c14-7-9-10(15)12(18,13(19,20-9)11(16)17)6-8-4-2-1-3-5-8/h1-5,9-10,14-15,18-19H,6-7H2,(H,16,17)/t9-,10-,12+,13?/m1/s1. The summed E-state index contributed by atoms with van der Waals surface area (Å²) in [5.41, 5.74) is -1.95. The lowest BCUT2D eigenvalue weighted by Crippen LogP contribution is -2.62. The molecule has 0 radical (unpaired) electrons. The fourth-order valence-electron chi connectivity index (χ4n) is 2.40. The lowest BCUT2D eigenvalue weighted by molar-refractivity contribution is -0.266. The van der Waals surface area contributed by atoms with Crippen LogP contribution in [0.4, 0.5) is 0 Å². The molecule has 2 rings (SSSR count). The number of aliphatic carboxylic acids is 1. The monoisotopic (exact) mass is 284 g/mol. The van der Waals surface area contributed by atoms with Gasteiger partial charge in [-0.2, -0.15) is 0 Å². The van der Waals surface area contributed by atoms with Crippen LogP contribution in [-0.2, 0) is 16.0 Å². The number of aliphatic hydroxyl groups excluding tert-OH is 2. The van der Waals surface area contributed by atoms with Gasteiger partial charge < -0.3 is 30.3 Å². The maximum Gasteiger partial charge on any atom is 0.367 e. The second kappa shape index (κ2) is 5.12. The maximum atomic E-state index is 11.2. The predicted octanol–water partition coefficient (Wildman–Crippen LogP) is -1.51. The van der Waals surface area contributed by atoms with Crippen molar-refractivity contribution in [3.63, 3.8) is 0 Å². The van der Waals surface area contributed by atoms with E-state index >= 15 is 0 Å². The number of carboxylic acid groups (broad SMARTS) is 1. The number of hydrogen-bond donors (Lipinski definition) is 5. The minimum Gasteiger partial charge on any atom is -0.477 e. The summed E-state index contributed by atoms with van der Waals surface area (Å²) in [5, 5.41) is 48.7. The van der Waals surface area contributed by atoms with E-state index in [0.29, 0.717) is 5.56 Å². The van der Waals surface area contributed by atoms with Crippen molar-refractivity contribution in [1.29, 1.82) is 0 Å². The summed E-state index contributed by atoms with van der Waals surface area (Å²) in [4.78, 5) is 11.2. The van der Waals surface area contributed by atoms with Gasteiger partial charge in [0.15, 0.2) is 5.60 Å². The third kappa shape index (κ3) is 2.09. The molecule has 1 aromatic carbocycles. The average molecular weight is 284 g/mol. The molecule has 0 aromatic heterocycles. The van der Waals surface area contributed by atoms with Crippen molar-refractivity contribution in [3.8, 4) is 0 Å². The van der Waals surface area contributed by atoms with Gasteiger partial charge in [-0.1, -0.05) is 30.3 Å². The van der Waals surface area contributed by atoms with Crippen molar-refractivity contribution in [2.24, 2.45) is 0 Å². The molecule has 7 heteroatoms. The number of benzene rings is 1. The Bertz CT molecular complexity index is 491. The van der Waals surface area contributed by atoms with E-state index in [-0.39, 0.29) is 6.42 Å². The summed E-state index contributed by atoms with van der Waals surface area (Å²) in [7, 11) is 0. The average Bonchev–Trinajstić information content (AvgIpc) is 2.62. The number of ether oxygens (including phenoxy) is 1. The third-order valence-electron chi connectivity index (χ3n) is 3.54. The van der Waals surface area contributed by atoms with E-state index in [1.54, 1.807) is 30.3 Å². The highest BCUT2D eigenvalue weighted by Gasteiger charge is 2.68. The number of hydrogen-bond acceptors (Lipinski definition) is 6. The third-order valence-corrected chi connectivity index (χ3v) is 3.54. The quantitative estimate of drug-likeness (QED) is 0.454. The number of rotatable bonds is 4. The molecule has 0 aliphatic carbocycles. The van der Waals surface area contributed by atoms with Gasteiger partial charge in [0.2, 0.25) is 0 Å². The minimum atomic E-state index is -2.99. The molecule has 1 fully saturated rings. The number of carboxylic acids is 1. The van der Waals surface area contributed by atoms with E-state index in [4.69, 9.17) is 14.9 Å². The first-order valence-corrected chi connectivity index (χ1v) is 6.04. The zero-order valence-corrected chi connectivity index (χ0v) is 10.5. The van der Waals surface area contributed by atoms with Crippen molar-refractivity contribution in [2.75, 3.05) is 6.61 Å². The minimum absolute atomic E-state index is 0.339. The van der Waals surface area contributed by atoms with Gasteiger partial charge in [0, 0.05) is 6.42 Å². The Morgan fingerprint density at radius 1 is 1.25 bits per heavy atom. The van der Waals surface area contributed by atoms with Crippen LogP contribution < -0.4 is 0 Å². The molecule has 1 aliphatic heterocycles. The van der Waals surface area contributed by atoms with Gasteiger partial charge in [-0.25, -0.2) is 4.79 Å². The lowest BCUT2D eigenvalue weighted by Gasteiger charge is -2.34. The number of aliphatic hydroxyl groups is 4. The van der Waals surface area contributed by atoms with Crippen LogP contribution in [0.25, 0.3) is 0 Å². The summed E-state index contributed by atoms with van der Waals surface area (Å²) < 4.78 is 4.77. The zero-order valence-electron chi connectivity index (χ0n) is 10.5. The molecule has 1 saturated heterocycles. The molecule has 0 amide bonds. The van der Waals surface area contributed by atoms with E-state index in [2.05, 4.69) is 0 Å². The number of carbonyl (C=O) groups is 1. The molecule has 1 aromatic rings. The van der Waals surface area contributed by atoms with Gasteiger partial charge in [-0.3, -0.25) is 0 Å². The molecule has 110 valence electrons. The van der Waals surface area contributed by atoms with Crippen LogP contribution in [-0.4, -0.2) is 61.7 Å². The summed E-state index contributed by atoms with van der Waals surface area (Å²) in [6, 6.07) is 8.29. The molecule has 1 heterocycles. The largest absolute Gasteiger partial charge is 0.477 e. The summed E-state index contributed by atoms with van der Waals surface area (Å²) >= 11 is 0. The van der Waals surface area contributed by atoms with Crippen LogP contribution in [0.3, 0.4) is 0 Å². The maximum absolute atomic E-state index is 11.2. The fraction of sp³-hybridized carbons (Fsp3) is 0.462. The fourth-order valence-corrected chi connectivity index (χ4v) is 2.40. The molecular weight excluding hydrogens is 268 g/mol. The lowest BCUT2D eigenvalue weighted by atomic mass is 9.82. The molecule has 0 saturated carbocycles. The van der Waals surface area contributed by atoms with Crippen LogP contribution in [0.1, 0.15) is 5.56 Å². The first-order chi connectivity index (χ1) is 9.35. The molecule has 1 unspecified atom stereocenters. The van der Waals surface area contributed by atoms with Crippen molar-refractivity contribution in [2.45, 2.75) is 30.0 Å². The first-order valence-electron chi connectivity index (χ1n) is 6.04. The summed E-state index contributed by atoms with van der Waals surface area (Å²) in [5.74, 6) is -4.82. The van der Waals surface area contributed by atoms with E-state index in [1.807, 2.05) is 0 Å². The van der Waals surface area contributed by atoms with Gasteiger partial charge in [-0.15, -0.1) is 0 Å². The van der Waals surface area contributed by atoms with Gasteiger partial charge in [0.25, 0.3) is 5.79 Å². The van der Waals surface area contributed by atoms with Crippen molar-refractivity contribution in [3.05, 3.63) is 35.9 Å². The SMILES string of the molecule is O=C(O)C1(O)O[C@H](CO)[C@@H](O)[C@@]1(O)Cc1ccccc1. The Morgan fingerprint density at radius 3 is 2.35 bits per heavy atom. The highest BCUT2D eigenvalue weighted by molar-refractivity contribution is 5.78. The predicted molar refractivity (Wildman–Crippen MR) is 65.6 cm³/mol. The van der Waals surface area contributed by atoms with E-state index in [1.165, 1.54) is 0 Å². The highest BCUT2D eigenvalue weighted by atomic mass is 16.7. The molecular formula is C13H16O7. The topological polar surface area (TPSA) is 127 Å². The molecule has 4 atom stereocenters. The van der Waals surface area contributed by atoms with Crippen LogP contribution >= 0.6 is 0 Å². The van der Waals surface area contributed by atoms with E-state index < -0.39 is 36.2 Å². The van der Waals surface area contributed by atoms with E-state index in [9.17, 15) is 20.1 Å². The Hall–Kier alpha value is -1.51. The van der Waals surface area contributed by atoms with Gasteiger partial charge in [-0.05, 0) is 5.56 Å². The molecule has 20 heavy (non-hydrogen) atoms. The summed E-state index contributed by atoms with van der Waals surface area (Å²) in [6.07, 6.45) is -3.47. The molecule has 0 bridgehead atoms. The molecule has 7 nitrogen and oxygen atoms in total. The van der Waals surface area contributed by atoms with Crippen molar-refractivity contribution in [1.82, 2.24) is 0 Å². The Kier molecular flexibility index (Phi) is 3.81. The second-order valence-electron chi connectivity index (χ2n) is 4.82. The molecule has 0 spiro atoms. The van der Waals surface area contributed by atoms with E-state index in [0.717, 1.165) is 0 Å². The van der Waals surface area contributed by atoms with Crippen LogP contribution in [0.2, 0.25) is 0 Å². The van der Waals surface area contributed by atoms with Crippen LogP contribution in [0.5, 0.6) is 0 Å². The normalized spacial score (nSPS) is 37.0. The Labute approximate surface area is 114 Å². The first kappa shape index (κ1) is 14.9. The summed E-state index contributed by atoms with van der Waals surface area (Å²) in [6.45, 7) is -0.728. The van der Waals surface area contributed by atoms with Crippen molar-refractivity contribution < 1.29 is 35.1 Å². The highest BCUT2D eigenvalue weighted by Crippen LogP contribution is 2.40. The van der Waals surface area contributed by atoms with Crippen LogP contribution in [0, 0.1) is 0 Å². The van der Waals surface area contributed by atoms with Gasteiger partial charge in [0.1, 0.15) is 12.2 Å². The van der Waals surface area contributed by atoms with Crippen molar-refractivity contribution >= 4 is 5.97 Å². The van der Waals surface area contributed by atoms with Crippen LogP contribution in [0.15, 0.2) is 30.3 Å². The van der Waals surface area contributed by atoms with Gasteiger partial charge in [0.05, 0.1) is 6.61 Å². The van der Waals surface area contributed by atoms with Gasteiger partial charge >= 0.3 is 5.97 Å². The Balaban J connectivity index is 2.40. The molecule has 5 N–H and O–H groups in total. The molecule has 1 aliphatic rings. The smallest absolute Gasteiger partial charge is 0.367 e.